The third-order valence-corrected chi connectivity index (χ3v) is 3.30. The standard InChI is InChI=1S/C12H11ClN2O3S/c1-2-6-19-7-5-14-12(16)10-4-3-9(15(17)18)8-11(10)13/h1,3-4,8H,5-7H2,(H,14,16). The highest BCUT2D eigenvalue weighted by Gasteiger charge is 2.14. The molecule has 0 aliphatic rings. The first-order chi connectivity index (χ1) is 9.06. The van der Waals surface area contributed by atoms with Crippen LogP contribution in [0.3, 0.4) is 0 Å². The number of nitrogens with zero attached hydrogens (tertiary/aromatic N) is 1. The zero-order valence-corrected chi connectivity index (χ0v) is 11.5. The van der Waals surface area contributed by atoms with Crippen LogP contribution in [-0.4, -0.2) is 28.9 Å². The molecule has 0 heterocycles. The number of amides is 1. The molecule has 1 amide bonds. The number of nitro groups is 1. The summed E-state index contributed by atoms with van der Waals surface area (Å²) in [5.74, 6) is 3.41. The molecule has 0 radical (unpaired) electrons. The lowest BCUT2D eigenvalue weighted by atomic mass is 10.2. The molecule has 0 spiro atoms. The molecular formula is C12H11ClN2O3S. The van der Waals surface area contributed by atoms with Crippen molar-refractivity contribution in [2.75, 3.05) is 18.1 Å². The molecule has 100 valence electrons. The Bertz CT molecular complexity index is 528. The minimum absolute atomic E-state index is 0.0583. The van der Waals surface area contributed by atoms with Crippen LogP contribution in [0.5, 0.6) is 0 Å². The number of hydrogen-bond acceptors (Lipinski definition) is 4. The first-order valence-corrected chi connectivity index (χ1v) is 6.83. The fourth-order valence-electron chi connectivity index (χ4n) is 1.26. The van der Waals surface area contributed by atoms with Crippen LogP contribution in [0, 0.1) is 22.5 Å². The number of carbonyl (C=O) groups excluding carboxylic acids is 1. The SMILES string of the molecule is C#CCSCCNC(=O)c1ccc([N+](=O)[O-])cc1Cl. The maximum atomic E-state index is 11.8. The van der Waals surface area contributed by atoms with E-state index in [1.54, 1.807) is 0 Å². The lowest BCUT2D eigenvalue weighted by molar-refractivity contribution is -0.384. The molecule has 1 aromatic rings. The summed E-state index contributed by atoms with van der Waals surface area (Å²) in [5, 5.41) is 13.3. The van der Waals surface area contributed by atoms with Crippen LogP contribution in [0.1, 0.15) is 10.4 Å². The van der Waals surface area contributed by atoms with E-state index in [-0.39, 0.29) is 22.2 Å². The molecule has 0 unspecified atom stereocenters. The van der Waals surface area contributed by atoms with Gasteiger partial charge in [-0.05, 0) is 6.07 Å². The normalized spacial score (nSPS) is 9.68. The van der Waals surface area contributed by atoms with Crippen molar-refractivity contribution in [1.29, 1.82) is 0 Å². The zero-order chi connectivity index (χ0) is 14.3. The molecule has 1 N–H and O–H groups in total. The number of nitro benzene ring substituents is 1. The van der Waals surface area contributed by atoms with Gasteiger partial charge in [-0.15, -0.1) is 18.2 Å². The van der Waals surface area contributed by atoms with Crippen LogP contribution in [0.2, 0.25) is 5.02 Å². The largest absolute Gasteiger partial charge is 0.351 e. The van der Waals surface area contributed by atoms with Gasteiger partial charge in [0.25, 0.3) is 11.6 Å². The van der Waals surface area contributed by atoms with Gasteiger partial charge >= 0.3 is 0 Å². The topological polar surface area (TPSA) is 72.2 Å². The molecule has 7 heteroatoms. The predicted molar refractivity (Wildman–Crippen MR) is 76.6 cm³/mol. The highest BCUT2D eigenvalue weighted by atomic mass is 35.5. The molecule has 0 saturated heterocycles. The monoisotopic (exact) mass is 298 g/mol. The van der Waals surface area contributed by atoms with Crippen LogP contribution < -0.4 is 5.32 Å². The Hall–Kier alpha value is -1.71. The Morgan fingerprint density at radius 2 is 2.32 bits per heavy atom. The average molecular weight is 299 g/mol. The molecule has 19 heavy (non-hydrogen) atoms. The minimum Gasteiger partial charge on any atom is -0.351 e. The summed E-state index contributed by atoms with van der Waals surface area (Å²) in [6, 6.07) is 3.74. The van der Waals surface area contributed by atoms with Crippen LogP contribution in [-0.2, 0) is 0 Å². The predicted octanol–water partition coefficient (Wildman–Crippen LogP) is 2.34. The molecule has 0 aliphatic heterocycles. The number of terminal acetylenes is 1. The molecular weight excluding hydrogens is 288 g/mol. The van der Waals surface area contributed by atoms with Crippen LogP contribution in [0.4, 0.5) is 5.69 Å². The molecule has 0 aromatic heterocycles. The van der Waals surface area contributed by atoms with E-state index in [1.807, 2.05) is 0 Å². The summed E-state index contributed by atoms with van der Waals surface area (Å²) >= 11 is 7.36. The van der Waals surface area contributed by atoms with E-state index in [2.05, 4.69) is 11.2 Å². The molecule has 0 atom stereocenters. The van der Waals surface area contributed by atoms with E-state index in [1.165, 1.54) is 23.9 Å². The quantitative estimate of drug-likeness (QED) is 0.379. The van der Waals surface area contributed by atoms with Crippen LogP contribution in [0.25, 0.3) is 0 Å². The Kier molecular flexibility index (Phi) is 6.19. The summed E-state index contributed by atoms with van der Waals surface area (Å²) < 4.78 is 0. The third kappa shape index (κ3) is 4.81. The van der Waals surface area contributed by atoms with E-state index >= 15 is 0 Å². The molecule has 0 fully saturated rings. The van der Waals surface area contributed by atoms with Gasteiger partial charge in [0.15, 0.2) is 0 Å². The minimum atomic E-state index is -0.565. The number of non-ortho nitro benzene ring substituents is 1. The smallest absolute Gasteiger partial charge is 0.270 e. The summed E-state index contributed by atoms with van der Waals surface area (Å²) in [5.41, 5.74) is 0.0698. The number of nitrogens with one attached hydrogen (secondary N) is 1. The van der Waals surface area contributed by atoms with Gasteiger partial charge in [0, 0.05) is 24.4 Å². The second-order valence-corrected chi connectivity index (χ2v) is 4.95. The summed E-state index contributed by atoms with van der Waals surface area (Å²) in [4.78, 5) is 21.7. The van der Waals surface area contributed by atoms with Crippen molar-refractivity contribution in [3.63, 3.8) is 0 Å². The summed E-state index contributed by atoms with van der Waals surface area (Å²) in [7, 11) is 0. The lowest BCUT2D eigenvalue weighted by Gasteiger charge is -2.06. The fourth-order valence-corrected chi connectivity index (χ4v) is 2.03. The van der Waals surface area contributed by atoms with Crippen molar-refractivity contribution >= 4 is 35.0 Å². The maximum absolute atomic E-state index is 11.8. The number of halogens is 1. The average Bonchev–Trinajstić information content (AvgIpc) is 2.38. The van der Waals surface area contributed by atoms with E-state index < -0.39 is 4.92 Å². The molecule has 5 nitrogen and oxygen atoms in total. The van der Waals surface area contributed by atoms with Crippen molar-refractivity contribution in [3.8, 4) is 12.3 Å². The highest BCUT2D eigenvalue weighted by Crippen LogP contribution is 2.22. The Balaban J connectivity index is 2.58. The summed E-state index contributed by atoms with van der Waals surface area (Å²) in [6.07, 6.45) is 5.09. The van der Waals surface area contributed by atoms with Gasteiger partial charge in [-0.25, -0.2) is 0 Å². The summed E-state index contributed by atoms with van der Waals surface area (Å²) in [6.45, 7) is 0.457. The van der Waals surface area contributed by atoms with Crippen LogP contribution >= 0.6 is 23.4 Å². The first kappa shape index (κ1) is 15.3. The van der Waals surface area contributed by atoms with Gasteiger partial charge in [-0.3, -0.25) is 14.9 Å². The number of thioether (sulfide) groups is 1. The lowest BCUT2D eigenvalue weighted by Crippen LogP contribution is -2.26. The van der Waals surface area contributed by atoms with Gasteiger partial charge in [0.05, 0.1) is 21.3 Å². The van der Waals surface area contributed by atoms with Gasteiger partial charge < -0.3 is 5.32 Å². The molecule has 0 saturated carbocycles. The second kappa shape index (κ2) is 7.67. The number of rotatable bonds is 6. The van der Waals surface area contributed by atoms with E-state index in [9.17, 15) is 14.9 Å². The van der Waals surface area contributed by atoms with Crippen molar-refractivity contribution < 1.29 is 9.72 Å². The number of benzene rings is 1. The van der Waals surface area contributed by atoms with Crippen LogP contribution in [0.15, 0.2) is 18.2 Å². The third-order valence-electron chi connectivity index (χ3n) is 2.13. The van der Waals surface area contributed by atoms with Crippen molar-refractivity contribution in [2.45, 2.75) is 0 Å². The Labute approximate surface area is 119 Å². The van der Waals surface area contributed by atoms with E-state index in [0.29, 0.717) is 18.1 Å². The fraction of sp³-hybridized carbons (Fsp3) is 0.250. The van der Waals surface area contributed by atoms with Crippen molar-refractivity contribution in [2.24, 2.45) is 0 Å². The molecule has 1 rings (SSSR count). The zero-order valence-electron chi connectivity index (χ0n) is 9.89. The first-order valence-electron chi connectivity index (χ1n) is 5.29. The van der Waals surface area contributed by atoms with Gasteiger partial charge in [0.2, 0.25) is 0 Å². The van der Waals surface area contributed by atoms with Gasteiger partial charge in [-0.1, -0.05) is 17.5 Å². The maximum Gasteiger partial charge on any atom is 0.270 e. The van der Waals surface area contributed by atoms with E-state index in [0.717, 1.165) is 6.07 Å². The number of hydrogen-bond donors (Lipinski definition) is 1. The van der Waals surface area contributed by atoms with Crippen molar-refractivity contribution in [3.05, 3.63) is 38.9 Å². The van der Waals surface area contributed by atoms with E-state index in [4.69, 9.17) is 18.0 Å². The highest BCUT2D eigenvalue weighted by molar-refractivity contribution is 7.99. The Morgan fingerprint density at radius 3 is 2.89 bits per heavy atom. The molecule has 0 bridgehead atoms. The second-order valence-electron chi connectivity index (χ2n) is 3.43. The number of carbonyl (C=O) groups is 1. The van der Waals surface area contributed by atoms with Crippen molar-refractivity contribution in [1.82, 2.24) is 5.32 Å². The Morgan fingerprint density at radius 1 is 1.58 bits per heavy atom. The molecule has 1 aromatic carbocycles. The van der Waals surface area contributed by atoms with Gasteiger partial charge in [0.1, 0.15) is 0 Å². The molecule has 0 aliphatic carbocycles. The van der Waals surface area contributed by atoms with Gasteiger partial charge in [-0.2, -0.15) is 0 Å².